The number of rotatable bonds is 0. The first kappa shape index (κ1) is 11.2. The maximum absolute atomic E-state index is 11.6. The Morgan fingerprint density at radius 2 is 1.93 bits per heavy atom. The fourth-order valence-corrected chi connectivity index (χ4v) is 3.73. The molecule has 86 valence electrons. The van der Waals surface area contributed by atoms with Crippen molar-refractivity contribution < 1.29 is 4.79 Å². The number of nitrogens with zero attached hydrogens (tertiary/aromatic N) is 1. The number of carbonyl (C=O) groups is 1. The Balaban J connectivity index is 0.000000853. The molecule has 3 saturated heterocycles. The van der Waals surface area contributed by atoms with E-state index in [1.165, 1.54) is 25.7 Å². The quantitative estimate of drug-likeness (QED) is 0.678. The highest BCUT2D eigenvalue weighted by Crippen LogP contribution is 2.46. The van der Waals surface area contributed by atoms with E-state index in [1.807, 2.05) is 11.9 Å². The summed E-state index contributed by atoms with van der Waals surface area (Å²) in [5, 5.41) is 3.64. The van der Waals surface area contributed by atoms with Gasteiger partial charge in [0.1, 0.15) is 0 Å². The van der Waals surface area contributed by atoms with Crippen LogP contribution in [0.1, 0.15) is 32.1 Å². The average Bonchev–Trinajstić information content (AvgIpc) is 2.56. The first-order valence-corrected chi connectivity index (χ1v) is 5.67. The van der Waals surface area contributed by atoms with Crippen molar-refractivity contribution in [1.82, 2.24) is 10.2 Å². The zero-order valence-electron chi connectivity index (χ0n) is 9.16. The molecule has 0 aromatic heterocycles. The first-order valence-electron chi connectivity index (χ1n) is 5.67. The second-order valence-corrected chi connectivity index (χ2v) is 5.47. The van der Waals surface area contributed by atoms with E-state index in [0.29, 0.717) is 23.4 Å². The number of piperidine rings is 1. The Hall–Kier alpha value is -0.280. The summed E-state index contributed by atoms with van der Waals surface area (Å²) in [4.78, 5) is 13.5. The molecule has 15 heavy (non-hydrogen) atoms. The fourth-order valence-electron chi connectivity index (χ4n) is 3.73. The molecule has 3 aliphatic rings. The van der Waals surface area contributed by atoms with Crippen molar-refractivity contribution >= 4 is 18.3 Å². The highest BCUT2D eigenvalue weighted by atomic mass is 35.5. The molecule has 1 N–H and O–H groups in total. The van der Waals surface area contributed by atoms with Gasteiger partial charge in [-0.25, -0.2) is 0 Å². The molecule has 0 aliphatic carbocycles. The molecule has 2 bridgehead atoms. The number of nitrogens with one attached hydrogen (secondary N) is 1. The minimum absolute atomic E-state index is 0. The van der Waals surface area contributed by atoms with Crippen LogP contribution >= 0.6 is 12.4 Å². The van der Waals surface area contributed by atoms with Crippen molar-refractivity contribution in [2.24, 2.45) is 5.41 Å². The predicted octanol–water partition coefficient (Wildman–Crippen LogP) is 1.17. The van der Waals surface area contributed by atoms with Gasteiger partial charge in [0.2, 0.25) is 5.91 Å². The fraction of sp³-hybridized carbons (Fsp3) is 0.909. The van der Waals surface area contributed by atoms with Crippen molar-refractivity contribution in [2.75, 3.05) is 13.6 Å². The standard InChI is InChI=1S/C11H18N2O.ClH/c1-13-7-11(6-10(13)14)4-8-2-3-9(5-11)12-8;/h8-9,12H,2-7H2,1H3;1H. The Morgan fingerprint density at radius 1 is 1.33 bits per heavy atom. The van der Waals surface area contributed by atoms with Gasteiger partial charge in [0.25, 0.3) is 0 Å². The molecular weight excluding hydrogens is 212 g/mol. The number of carbonyl (C=O) groups excluding carboxylic acids is 1. The summed E-state index contributed by atoms with van der Waals surface area (Å²) in [5.74, 6) is 0.353. The van der Waals surface area contributed by atoms with E-state index in [9.17, 15) is 4.79 Å². The highest BCUT2D eigenvalue weighted by molar-refractivity contribution is 5.85. The molecule has 0 aromatic carbocycles. The lowest BCUT2D eigenvalue weighted by Crippen LogP contribution is -2.45. The lowest BCUT2D eigenvalue weighted by atomic mass is 9.75. The molecule has 3 fully saturated rings. The van der Waals surface area contributed by atoms with Crippen molar-refractivity contribution in [3.63, 3.8) is 0 Å². The third-order valence-corrected chi connectivity index (χ3v) is 4.22. The van der Waals surface area contributed by atoms with Gasteiger partial charge in [0.05, 0.1) is 0 Å². The number of halogens is 1. The minimum Gasteiger partial charge on any atom is -0.345 e. The van der Waals surface area contributed by atoms with Gasteiger partial charge in [-0.2, -0.15) is 0 Å². The molecule has 3 nitrogen and oxygen atoms in total. The second kappa shape index (κ2) is 3.63. The monoisotopic (exact) mass is 230 g/mol. The van der Waals surface area contributed by atoms with Crippen LogP contribution in [0.4, 0.5) is 0 Å². The Labute approximate surface area is 97.0 Å². The van der Waals surface area contributed by atoms with Crippen LogP contribution in [-0.2, 0) is 4.79 Å². The summed E-state index contributed by atoms with van der Waals surface area (Å²) >= 11 is 0. The number of amides is 1. The molecule has 3 heterocycles. The molecule has 3 aliphatic heterocycles. The molecular formula is C11H19ClN2O. The van der Waals surface area contributed by atoms with Gasteiger partial charge in [0.15, 0.2) is 0 Å². The van der Waals surface area contributed by atoms with Crippen molar-refractivity contribution in [3.05, 3.63) is 0 Å². The van der Waals surface area contributed by atoms with Gasteiger partial charge >= 0.3 is 0 Å². The normalized spacial score (nSPS) is 43.5. The van der Waals surface area contributed by atoms with Gasteiger partial charge < -0.3 is 10.2 Å². The number of hydrogen-bond donors (Lipinski definition) is 1. The summed E-state index contributed by atoms with van der Waals surface area (Å²) in [6.45, 7) is 1.00. The molecule has 0 saturated carbocycles. The summed E-state index contributed by atoms with van der Waals surface area (Å²) < 4.78 is 0. The summed E-state index contributed by atoms with van der Waals surface area (Å²) in [6.07, 6.45) is 5.89. The third-order valence-electron chi connectivity index (χ3n) is 4.22. The predicted molar refractivity (Wildman–Crippen MR) is 61.1 cm³/mol. The molecule has 2 atom stereocenters. The number of fused-ring (bicyclic) bond motifs is 2. The highest BCUT2D eigenvalue weighted by Gasteiger charge is 2.49. The molecule has 3 rings (SSSR count). The first-order chi connectivity index (χ1) is 6.67. The number of hydrogen-bond acceptors (Lipinski definition) is 2. The topological polar surface area (TPSA) is 32.3 Å². The molecule has 1 amide bonds. The summed E-state index contributed by atoms with van der Waals surface area (Å²) in [6, 6.07) is 1.40. The molecule has 2 unspecified atom stereocenters. The summed E-state index contributed by atoms with van der Waals surface area (Å²) in [7, 11) is 1.95. The van der Waals surface area contributed by atoms with Gasteiger partial charge in [-0.1, -0.05) is 0 Å². The van der Waals surface area contributed by atoms with Crippen molar-refractivity contribution in [1.29, 1.82) is 0 Å². The van der Waals surface area contributed by atoms with E-state index in [-0.39, 0.29) is 12.4 Å². The summed E-state index contributed by atoms with van der Waals surface area (Å²) in [5.41, 5.74) is 0.336. The smallest absolute Gasteiger partial charge is 0.222 e. The van der Waals surface area contributed by atoms with Crippen LogP contribution in [0.5, 0.6) is 0 Å². The van der Waals surface area contributed by atoms with Crippen molar-refractivity contribution in [3.8, 4) is 0 Å². The Morgan fingerprint density at radius 3 is 2.40 bits per heavy atom. The maximum Gasteiger partial charge on any atom is 0.222 e. The number of likely N-dealkylation sites (tertiary alicyclic amines) is 1. The van der Waals surface area contributed by atoms with Crippen LogP contribution in [0, 0.1) is 5.41 Å². The van der Waals surface area contributed by atoms with Crippen LogP contribution in [0.15, 0.2) is 0 Å². The van der Waals surface area contributed by atoms with Gasteiger partial charge in [-0.05, 0) is 31.1 Å². The van der Waals surface area contributed by atoms with E-state index in [0.717, 1.165) is 13.0 Å². The zero-order valence-corrected chi connectivity index (χ0v) is 9.98. The molecule has 0 radical (unpaired) electrons. The van der Waals surface area contributed by atoms with Gasteiger partial charge in [0, 0.05) is 32.1 Å². The van der Waals surface area contributed by atoms with Gasteiger partial charge in [-0.15, -0.1) is 12.4 Å². The van der Waals surface area contributed by atoms with Crippen LogP contribution in [-0.4, -0.2) is 36.5 Å². The second-order valence-electron chi connectivity index (χ2n) is 5.47. The SMILES string of the molecule is CN1CC2(CC1=O)CC1CCC(C2)N1.Cl. The molecule has 1 spiro atoms. The maximum atomic E-state index is 11.6. The van der Waals surface area contributed by atoms with Crippen LogP contribution < -0.4 is 5.32 Å². The Kier molecular flexibility index (Phi) is 2.72. The van der Waals surface area contributed by atoms with E-state index in [1.54, 1.807) is 0 Å². The van der Waals surface area contributed by atoms with Crippen molar-refractivity contribution in [2.45, 2.75) is 44.2 Å². The van der Waals surface area contributed by atoms with Crippen LogP contribution in [0.25, 0.3) is 0 Å². The third kappa shape index (κ3) is 1.76. The van der Waals surface area contributed by atoms with E-state index >= 15 is 0 Å². The molecule has 4 heteroatoms. The van der Waals surface area contributed by atoms with E-state index in [4.69, 9.17) is 0 Å². The molecule has 0 aromatic rings. The minimum atomic E-state index is 0. The van der Waals surface area contributed by atoms with E-state index < -0.39 is 0 Å². The average molecular weight is 231 g/mol. The van der Waals surface area contributed by atoms with Gasteiger partial charge in [-0.3, -0.25) is 4.79 Å². The van der Waals surface area contributed by atoms with Crippen LogP contribution in [0.3, 0.4) is 0 Å². The van der Waals surface area contributed by atoms with E-state index in [2.05, 4.69) is 5.32 Å². The zero-order chi connectivity index (χ0) is 9.76. The lowest BCUT2D eigenvalue weighted by molar-refractivity contribution is -0.126. The largest absolute Gasteiger partial charge is 0.345 e. The Bertz CT molecular complexity index is 270. The van der Waals surface area contributed by atoms with Crippen LogP contribution in [0.2, 0.25) is 0 Å². The lowest BCUT2D eigenvalue weighted by Gasteiger charge is -2.37.